The van der Waals surface area contributed by atoms with Gasteiger partial charge in [-0.2, -0.15) is 5.10 Å². The third-order valence-corrected chi connectivity index (χ3v) is 15.0. The van der Waals surface area contributed by atoms with Gasteiger partial charge in [0.1, 0.15) is 0 Å². The summed E-state index contributed by atoms with van der Waals surface area (Å²) in [4.78, 5) is 34.1. The topological polar surface area (TPSA) is 120 Å². The smallest absolute Gasteiger partial charge is 0.247 e. The van der Waals surface area contributed by atoms with Gasteiger partial charge in [0.2, 0.25) is 11.8 Å². The van der Waals surface area contributed by atoms with Crippen molar-refractivity contribution in [2.75, 3.05) is 18.5 Å². The average Bonchev–Trinajstić information content (AvgIpc) is 3.73. The monoisotopic (exact) mass is 700 g/mol. The molecule has 2 amide bonds. The van der Waals surface area contributed by atoms with Gasteiger partial charge in [-0.1, -0.05) is 50.9 Å². The Hall–Kier alpha value is -4.13. The molecule has 5 heterocycles. The molecular formula is C36H45ClN8O3Si. The van der Waals surface area contributed by atoms with Gasteiger partial charge in [-0.05, 0) is 73.3 Å². The molecule has 258 valence electrons. The van der Waals surface area contributed by atoms with Crippen LogP contribution in [0.4, 0.5) is 5.69 Å². The number of nitrogens with zero attached hydrogens (tertiary/aromatic N) is 7. The highest BCUT2D eigenvalue weighted by Gasteiger charge is 2.37. The van der Waals surface area contributed by atoms with Crippen molar-refractivity contribution in [3.63, 3.8) is 0 Å². The number of halogens is 1. The molecule has 11 nitrogen and oxygen atoms in total. The average molecular weight is 701 g/mol. The zero-order valence-corrected chi connectivity index (χ0v) is 30.9. The lowest BCUT2D eigenvalue weighted by molar-refractivity contribution is -0.129. The number of carbonyl (C=O) groups is 2. The van der Waals surface area contributed by atoms with Gasteiger partial charge in [0, 0.05) is 40.9 Å². The van der Waals surface area contributed by atoms with Crippen LogP contribution in [0.3, 0.4) is 0 Å². The maximum Gasteiger partial charge on any atom is 0.247 e. The number of benzene rings is 1. The van der Waals surface area contributed by atoms with Gasteiger partial charge >= 0.3 is 0 Å². The summed E-state index contributed by atoms with van der Waals surface area (Å²) in [5, 5.41) is 16.6. The first-order valence-corrected chi connectivity index (χ1v) is 20.3. The van der Waals surface area contributed by atoms with E-state index in [2.05, 4.69) is 49.5 Å². The summed E-state index contributed by atoms with van der Waals surface area (Å²) in [5.41, 5.74) is 5.70. The Morgan fingerprint density at radius 1 is 1.10 bits per heavy atom. The minimum absolute atomic E-state index is 0.0453. The third kappa shape index (κ3) is 7.41. The summed E-state index contributed by atoms with van der Waals surface area (Å²) in [6.45, 7) is 14.7. The van der Waals surface area contributed by atoms with Crippen LogP contribution in [-0.4, -0.2) is 67.9 Å². The van der Waals surface area contributed by atoms with Crippen LogP contribution in [0.1, 0.15) is 70.7 Å². The number of amides is 2. The summed E-state index contributed by atoms with van der Waals surface area (Å²) in [6.07, 6.45) is 11.4. The third-order valence-electron chi connectivity index (χ3n) is 10.2. The van der Waals surface area contributed by atoms with Crippen molar-refractivity contribution in [3.8, 4) is 16.9 Å². The molecule has 0 saturated carbocycles. The fourth-order valence-electron chi connectivity index (χ4n) is 6.28. The highest BCUT2D eigenvalue weighted by atomic mass is 35.5. The fraction of sp³-hybridized carbons (Fsp3) is 0.444. The van der Waals surface area contributed by atoms with E-state index >= 15 is 0 Å². The molecule has 0 spiro atoms. The summed E-state index contributed by atoms with van der Waals surface area (Å²) in [7, 11) is -1.96. The molecule has 0 aliphatic carbocycles. The fourth-order valence-corrected chi connectivity index (χ4v) is 7.49. The number of aromatic nitrogens is 6. The van der Waals surface area contributed by atoms with Crippen molar-refractivity contribution in [2.45, 2.75) is 84.1 Å². The van der Waals surface area contributed by atoms with Gasteiger partial charge in [-0.3, -0.25) is 19.3 Å². The van der Waals surface area contributed by atoms with E-state index in [-0.39, 0.29) is 28.8 Å². The van der Waals surface area contributed by atoms with Crippen LogP contribution >= 0.6 is 11.6 Å². The Morgan fingerprint density at radius 2 is 1.92 bits per heavy atom. The van der Waals surface area contributed by atoms with Gasteiger partial charge in [0.25, 0.3) is 0 Å². The van der Waals surface area contributed by atoms with E-state index in [4.69, 9.17) is 26.1 Å². The molecule has 3 aromatic heterocycles. The molecule has 2 aliphatic heterocycles. The number of carbonyl (C=O) groups excluding carboxylic acids is 2. The van der Waals surface area contributed by atoms with E-state index in [0.717, 1.165) is 40.2 Å². The summed E-state index contributed by atoms with van der Waals surface area (Å²) >= 11 is 6.42. The van der Waals surface area contributed by atoms with E-state index in [1.165, 1.54) is 0 Å². The lowest BCUT2D eigenvalue weighted by atomic mass is 9.93. The maximum absolute atomic E-state index is 14.0. The molecule has 49 heavy (non-hydrogen) atoms. The van der Waals surface area contributed by atoms with Crippen molar-refractivity contribution in [1.82, 2.24) is 34.7 Å². The standard InChI is InChI=1S/C36H45ClN8O3Si/c1-24-8-7-9-32(43-16-13-25(21-33(43)46)28-22-27(37)10-11-31(28)44-17-15-39-42-44)29-20-26(12-14-38-29)34-30(41-35(24)47)23-40-45(34)18-19-48-49(5,6)36(2,3)4/h10-12,14-15,17,20-24,32H,7-9,13,16,18-19H2,1-6H3,(H,41,47)/t24-,32?/m1/s1. The van der Waals surface area contributed by atoms with E-state index < -0.39 is 8.32 Å². The lowest BCUT2D eigenvalue weighted by Gasteiger charge is -2.36. The normalized spacial score (nSPS) is 19.1. The molecule has 1 unspecified atom stereocenters. The summed E-state index contributed by atoms with van der Waals surface area (Å²) in [5.74, 6) is -0.350. The van der Waals surface area contributed by atoms with Crippen LogP contribution in [0.2, 0.25) is 23.2 Å². The lowest BCUT2D eigenvalue weighted by Crippen LogP contribution is -2.41. The molecule has 2 bridgehead atoms. The van der Waals surface area contributed by atoms with E-state index in [0.29, 0.717) is 49.7 Å². The minimum atomic E-state index is -1.96. The number of pyridine rings is 1. The molecule has 13 heteroatoms. The number of fused-ring (bicyclic) bond motifs is 4. The second-order valence-electron chi connectivity index (χ2n) is 14.5. The van der Waals surface area contributed by atoms with Crippen LogP contribution < -0.4 is 5.32 Å². The molecule has 0 radical (unpaired) electrons. The molecule has 0 fully saturated rings. The first-order chi connectivity index (χ1) is 23.3. The van der Waals surface area contributed by atoms with E-state index in [1.54, 1.807) is 35.5 Å². The van der Waals surface area contributed by atoms with Crippen LogP contribution in [0.5, 0.6) is 0 Å². The van der Waals surface area contributed by atoms with Gasteiger partial charge in [-0.15, -0.1) is 5.10 Å². The summed E-state index contributed by atoms with van der Waals surface area (Å²) < 4.78 is 10.1. The molecular weight excluding hydrogens is 656 g/mol. The quantitative estimate of drug-likeness (QED) is 0.201. The molecule has 1 N–H and O–H groups in total. The van der Waals surface area contributed by atoms with Crippen molar-refractivity contribution >= 4 is 43.0 Å². The highest BCUT2D eigenvalue weighted by molar-refractivity contribution is 6.74. The van der Waals surface area contributed by atoms with Gasteiger partial charge in [0.15, 0.2) is 8.32 Å². The minimum Gasteiger partial charge on any atom is -0.415 e. The zero-order chi connectivity index (χ0) is 34.9. The second kappa shape index (κ2) is 14.0. The Bertz CT molecular complexity index is 1860. The second-order valence-corrected chi connectivity index (χ2v) is 19.8. The number of anilines is 1. The molecule has 4 aromatic rings. The van der Waals surface area contributed by atoms with Crippen molar-refractivity contribution in [1.29, 1.82) is 0 Å². The predicted octanol–water partition coefficient (Wildman–Crippen LogP) is 7.32. The SMILES string of the molecule is C[C@@H]1CCCC(N2CCC(c3cc(Cl)ccc3-n3ccnn3)=CC2=O)c2cc(ccn2)-c2c(cnn2CCO[Si](C)(C)C(C)(C)C)NC1=O. The van der Waals surface area contributed by atoms with E-state index in [1.807, 2.05) is 46.8 Å². The number of nitrogens with one attached hydrogen (secondary N) is 1. The molecule has 6 rings (SSSR count). The van der Waals surface area contributed by atoms with Crippen LogP contribution in [0.15, 0.2) is 61.2 Å². The molecule has 2 aliphatic rings. The zero-order valence-electron chi connectivity index (χ0n) is 29.1. The predicted molar refractivity (Wildman–Crippen MR) is 194 cm³/mol. The molecule has 2 atom stereocenters. The number of hydrogen-bond acceptors (Lipinski definition) is 7. The van der Waals surface area contributed by atoms with Gasteiger partial charge in [0.05, 0.1) is 60.5 Å². The number of hydrogen-bond donors (Lipinski definition) is 1. The van der Waals surface area contributed by atoms with Gasteiger partial charge in [-0.25, -0.2) is 4.68 Å². The Labute approximate surface area is 293 Å². The summed E-state index contributed by atoms with van der Waals surface area (Å²) in [6, 6.07) is 9.29. The molecule has 0 saturated heterocycles. The first-order valence-electron chi connectivity index (χ1n) is 17.0. The van der Waals surface area contributed by atoms with E-state index in [9.17, 15) is 9.59 Å². The van der Waals surface area contributed by atoms with Crippen LogP contribution in [0, 0.1) is 5.92 Å². The van der Waals surface area contributed by atoms with Crippen molar-refractivity contribution in [2.24, 2.45) is 5.92 Å². The Kier molecular flexibility index (Phi) is 9.92. The highest BCUT2D eigenvalue weighted by Crippen LogP contribution is 2.38. The van der Waals surface area contributed by atoms with Crippen molar-refractivity contribution < 1.29 is 14.0 Å². The van der Waals surface area contributed by atoms with Crippen molar-refractivity contribution in [3.05, 3.63) is 77.5 Å². The largest absolute Gasteiger partial charge is 0.415 e. The van der Waals surface area contributed by atoms with Crippen LogP contribution in [0.25, 0.3) is 22.5 Å². The van der Waals surface area contributed by atoms with Crippen LogP contribution in [-0.2, 0) is 20.6 Å². The first kappa shape index (κ1) is 34.7. The van der Waals surface area contributed by atoms with Gasteiger partial charge < -0.3 is 14.6 Å². The Morgan fingerprint density at radius 3 is 2.65 bits per heavy atom. The Balaban J connectivity index is 1.33. The maximum atomic E-state index is 14.0. The number of rotatable bonds is 7. The molecule has 1 aromatic carbocycles.